The van der Waals surface area contributed by atoms with Crippen LogP contribution in [0.15, 0.2) is 45.6 Å². The van der Waals surface area contributed by atoms with Crippen molar-refractivity contribution < 1.29 is 37.9 Å². The van der Waals surface area contributed by atoms with E-state index in [1.54, 1.807) is 34.7 Å². The van der Waals surface area contributed by atoms with Gasteiger partial charge in [-0.3, -0.25) is 23.9 Å². The maximum atomic E-state index is 14.3. The van der Waals surface area contributed by atoms with Crippen LogP contribution in [0.4, 0.5) is 15.3 Å². The number of anilines is 1. The lowest BCUT2D eigenvalue weighted by molar-refractivity contribution is -0.146. The van der Waals surface area contributed by atoms with E-state index in [1.807, 2.05) is 56.0 Å². The second kappa shape index (κ2) is 20.3. The third kappa shape index (κ3) is 10.3. The van der Waals surface area contributed by atoms with Crippen molar-refractivity contribution in [2.45, 2.75) is 97.2 Å². The number of hydrogen-bond acceptors (Lipinski definition) is 10. The highest BCUT2D eigenvalue weighted by atomic mass is 16.6. The number of oxazole rings is 1. The molecule has 1 atom stereocenters. The number of fused-ring (bicyclic) bond motifs is 2. The number of para-hydroxylation sites is 1. The number of rotatable bonds is 10. The van der Waals surface area contributed by atoms with E-state index in [-0.39, 0.29) is 55.2 Å². The van der Waals surface area contributed by atoms with Gasteiger partial charge in [-0.25, -0.2) is 14.4 Å². The Kier molecular flexibility index (Phi) is 14.9. The summed E-state index contributed by atoms with van der Waals surface area (Å²) in [5.41, 5.74) is 4.52. The maximum Gasteiger partial charge on any atom is 0.419 e. The fraction of sp³-hybridized carbons (Fsp3) is 0.591. The van der Waals surface area contributed by atoms with Gasteiger partial charge in [0.1, 0.15) is 0 Å². The predicted molar refractivity (Wildman–Crippen MR) is 226 cm³/mol. The molecule has 16 heteroatoms. The molecule has 60 heavy (non-hydrogen) atoms. The first-order valence-corrected chi connectivity index (χ1v) is 21.7. The summed E-state index contributed by atoms with van der Waals surface area (Å²) in [7, 11) is 1.65. The van der Waals surface area contributed by atoms with Crippen molar-refractivity contribution in [3.63, 3.8) is 0 Å². The number of nitrogens with one attached hydrogen (secondary N) is 1. The molecule has 0 bridgehead atoms. The average molecular weight is 832 g/mol. The van der Waals surface area contributed by atoms with Crippen molar-refractivity contribution in [1.29, 1.82) is 0 Å². The van der Waals surface area contributed by atoms with Gasteiger partial charge in [-0.05, 0) is 74.8 Å². The van der Waals surface area contributed by atoms with Crippen LogP contribution in [0.2, 0.25) is 0 Å². The van der Waals surface area contributed by atoms with Gasteiger partial charge >= 0.3 is 23.8 Å². The molecule has 0 aliphatic carbocycles. The fourth-order valence-electron chi connectivity index (χ4n) is 8.98. The van der Waals surface area contributed by atoms with E-state index in [4.69, 9.17) is 13.9 Å². The number of carbonyl (C=O) groups is 5. The number of ether oxygens (including phenoxy) is 2. The second-order valence-corrected chi connectivity index (χ2v) is 15.8. The Balaban J connectivity index is 0.00000297. The summed E-state index contributed by atoms with van der Waals surface area (Å²) in [6.45, 7) is 12.9. The van der Waals surface area contributed by atoms with Crippen LogP contribution in [-0.2, 0) is 43.7 Å². The number of carbonyl (C=O) groups excluding carboxylic acids is 5. The monoisotopic (exact) mass is 831 g/mol. The highest BCUT2D eigenvalue weighted by Crippen LogP contribution is 2.27. The molecule has 4 aliphatic rings. The van der Waals surface area contributed by atoms with E-state index >= 15 is 0 Å². The lowest BCUT2D eigenvalue weighted by atomic mass is 9.99. The molecular weight excluding hydrogens is 771 g/mol. The summed E-state index contributed by atoms with van der Waals surface area (Å²) in [5.74, 6) is -1.16. The molecule has 0 spiro atoms. The van der Waals surface area contributed by atoms with Gasteiger partial charge in [0.05, 0.1) is 18.5 Å². The normalized spacial score (nSPS) is 18.5. The molecule has 0 radical (unpaired) electrons. The Morgan fingerprint density at radius 3 is 2.20 bits per heavy atom. The molecule has 1 aromatic heterocycles. The number of amides is 5. The lowest BCUT2D eigenvalue weighted by Crippen LogP contribution is -2.56. The van der Waals surface area contributed by atoms with Gasteiger partial charge in [0.15, 0.2) is 11.7 Å². The van der Waals surface area contributed by atoms with Crippen LogP contribution in [0, 0.1) is 6.92 Å². The summed E-state index contributed by atoms with van der Waals surface area (Å²) < 4.78 is 18.0. The number of piperazine rings is 1. The quantitative estimate of drug-likeness (QED) is 0.287. The molecule has 1 N–H and O–H groups in total. The van der Waals surface area contributed by atoms with E-state index in [0.29, 0.717) is 95.0 Å². The number of likely N-dealkylation sites (tertiary alicyclic amines) is 2. The highest BCUT2D eigenvalue weighted by Gasteiger charge is 2.37. The number of aromatic nitrogens is 1. The minimum Gasteiger partial charge on any atom is -0.466 e. The number of urea groups is 1. The SMILES string of the molecule is CC.CCOC(=O)CCC(=O)N1CCN(C2CCN(C(=O)[C@@H](Cc3cc(C)c4c(c3)oc(=O)n4C)OC(=O)N3CCC(N4CCc5ccccc5NC4=O)CC3)CC2)CC1. The summed E-state index contributed by atoms with van der Waals surface area (Å²) in [4.78, 5) is 87.5. The van der Waals surface area contributed by atoms with Crippen molar-refractivity contribution >= 4 is 46.7 Å². The van der Waals surface area contributed by atoms with E-state index in [0.717, 1.165) is 36.1 Å². The number of esters is 1. The van der Waals surface area contributed by atoms with Crippen molar-refractivity contribution in [1.82, 2.24) is 29.1 Å². The van der Waals surface area contributed by atoms with Gasteiger partial charge in [-0.2, -0.15) is 0 Å². The van der Waals surface area contributed by atoms with Crippen molar-refractivity contribution in [3.8, 4) is 0 Å². The number of hydrogen-bond donors (Lipinski definition) is 1. The smallest absolute Gasteiger partial charge is 0.419 e. The zero-order valence-corrected chi connectivity index (χ0v) is 35.8. The molecule has 16 nitrogen and oxygen atoms in total. The van der Waals surface area contributed by atoms with Crippen LogP contribution in [0.1, 0.15) is 76.0 Å². The van der Waals surface area contributed by atoms with Crippen LogP contribution in [0.3, 0.4) is 0 Å². The number of aryl methyl sites for hydroxylation is 2. The number of benzene rings is 2. The minimum atomic E-state index is -1.10. The van der Waals surface area contributed by atoms with Crippen LogP contribution in [-0.4, -0.2) is 143 Å². The predicted octanol–water partition coefficient (Wildman–Crippen LogP) is 4.55. The topological polar surface area (TPSA) is 167 Å². The van der Waals surface area contributed by atoms with E-state index < -0.39 is 18.0 Å². The van der Waals surface area contributed by atoms with Crippen molar-refractivity contribution in [2.24, 2.45) is 7.05 Å². The summed E-state index contributed by atoms with van der Waals surface area (Å²) in [5, 5.41) is 3.04. The zero-order chi connectivity index (χ0) is 42.9. The summed E-state index contributed by atoms with van der Waals surface area (Å²) >= 11 is 0. The molecule has 3 aromatic rings. The van der Waals surface area contributed by atoms with E-state index in [1.165, 1.54) is 4.57 Å². The molecule has 326 valence electrons. The van der Waals surface area contributed by atoms with Gasteiger partial charge in [0.25, 0.3) is 5.91 Å². The Bertz CT molecular complexity index is 2060. The molecule has 0 saturated carbocycles. The molecule has 7 rings (SSSR count). The first-order valence-electron chi connectivity index (χ1n) is 21.7. The number of piperidine rings is 2. The summed E-state index contributed by atoms with van der Waals surface area (Å²) in [6.07, 6.45) is 2.06. The van der Waals surface area contributed by atoms with E-state index in [9.17, 15) is 28.8 Å². The molecule has 0 unspecified atom stereocenters. The first kappa shape index (κ1) is 44.2. The molecule has 4 aliphatic heterocycles. The van der Waals surface area contributed by atoms with Crippen molar-refractivity contribution in [2.75, 3.05) is 70.8 Å². The summed E-state index contributed by atoms with van der Waals surface area (Å²) in [6, 6.07) is 11.5. The molecule has 5 heterocycles. The van der Waals surface area contributed by atoms with Crippen LogP contribution in [0.25, 0.3) is 11.1 Å². The molecular formula is C44H61N7O9. The third-order valence-corrected chi connectivity index (χ3v) is 12.2. The average Bonchev–Trinajstić information content (AvgIpc) is 3.44. The van der Waals surface area contributed by atoms with Gasteiger partial charge in [-0.1, -0.05) is 38.1 Å². The minimum absolute atomic E-state index is 0.0351. The zero-order valence-electron chi connectivity index (χ0n) is 35.8. The number of nitrogens with zero attached hydrogens (tertiary/aromatic N) is 6. The standard InChI is InChI=1S/C42H55N7O9.C2H6/c1-4-56-37(51)10-9-36(50)46-23-21-45(22-24-46)31-12-16-47(17-13-31)39(52)35(27-29-25-28(2)38-34(26-29)57-41(54)44(38)3)58-42(55)48-18-14-32(15-19-48)49-20-11-30-7-5-6-8-33(30)43-40(49)53;1-2/h5-8,25-26,31-32,35H,4,9-24,27H2,1-3H3,(H,43,53);1-2H3/t35-;/m1./s1. The third-order valence-electron chi connectivity index (χ3n) is 12.2. The maximum absolute atomic E-state index is 14.3. The largest absolute Gasteiger partial charge is 0.466 e. The Morgan fingerprint density at radius 2 is 1.50 bits per heavy atom. The fourth-order valence-corrected chi connectivity index (χ4v) is 8.98. The van der Waals surface area contributed by atoms with Gasteiger partial charge in [0.2, 0.25) is 5.91 Å². The second-order valence-electron chi connectivity index (χ2n) is 15.8. The lowest BCUT2D eigenvalue weighted by Gasteiger charge is -2.43. The molecule has 3 saturated heterocycles. The van der Waals surface area contributed by atoms with Crippen LogP contribution >= 0.6 is 0 Å². The van der Waals surface area contributed by atoms with E-state index in [2.05, 4.69) is 10.2 Å². The Labute approximate surface area is 351 Å². The van der Waals surface area contributed by atoms with Crippen molar-refractivity contribution in [3.05, 3.63) is 63.6 Å². The van der Waals surface area contributed by atoms with Gasteiger partial charge in [-0.15, -0.1) is 0 Å². The molecule has 2 aromatic carbocycles. The Morgan fingerprint density at radius 1 is 0.833 bits per heavy atom. The molecule has 5 amide bonds. The highest BCUT2D eigenvalue weighted by molar-refractivity contribution is 5.91. The van der Waals surface area contributed by atoms with Gasteiger partial charge in [0, 0.05) is 96.6 Å². The van der Waals surface area contributed by atoms with Crippen LogP contribution < -0.4 is 11.1 Å². The first-order chi connectivity index (χ1) is 29.0. The molecule has 3 fully saturated rings. The Hall–Kier alpha value is -5.38. The van der Waals surface area contributed by atoms with Crippen LogP contribution in [0.5, 0.6) is 0 Å². The van der Waals surface area contributed by atoms with Gasteiger partial charge < -0.3 is 38.8 Å².